The first-order valence-corrected chi connectivity index (χ1v) is 10.3. The van der Waals surface area contributed by atoms with Gasteiger partial charge in [-0.3, -0.25) is 0 Å². The van der Waals surface area contributed by atoms with Crippen molar-refractivity contribution in [2.75, 3.05) is 0 Å². The van der Waals surface area contributed by atoms with Gasteiger partial charge < -0.3 is 4.74 Å². The maximum atomic E-state index is 6.84. The molecule has 5 aromatic carbocycles. The molecule has 0 aromatic heterocycles. The summed E-state index contributed by atoms with van der Waals surface area (Å²) in [4.78, 5) is 0. The van der Waals surface area contributed by atoms with E-state index < -0.39 is 0 Å². The first kappa shape index (κ1) is 17.1. The zero-order valence-corrected chi connectivity index (χ0v) is 16.5. The number of hydrogen-bond acceptors (Lipinski definition) is 1. The molecular weight excluding hydrogens is 364 g/mol. The van der Waals surface area contributed by atoms with E-state index in [0.717, 1.165) is 22.3 Å². The largest absolute Gasteiger partial charge is 0.480 e. The lowest BCUT2D eigenvalue weighted by atomic mass is 9.87. The van der Waals surface area contributed by atoms with Gasteiger partial charge in [-0.2, -0.15) is 0 Å². The van der Waals surface area contributed by atoms with Crippen LogP contribution in [0.1, 0.15) is 22.8 Å². The molecule has 0 N–H and O–H groups in total. The van der Waals surface area contributed by atoms with Crippen LogP contribution in [0.2, 0.25) is 0 Å². The number of rotatable bonds is 2. The second kappa shape index (κ2) is 6.89. The highest BCUT2D eigenvalue weighted by Crippen LogP contribution is 2.48. The fourth-order valence-corrected chi connectivity index (χ4v) is 4.56. The molecule has 0 saturated carbocycles. The predicted molar refractivity (Wildman–Crippen MR) is 126 cm³/mol. The molecular formula is C29H20O. The summed E-state index contributed by atoms with van der Waals surface area (Å²) in [6.45, 7) is 0. The van der Waals surface area contributed by atoms with Crippen molar-refractivity contribution in [1.82, 2.24) is 0 Å². The van der Waals surface area contributed by atoms with E-state index in [4.69, 9.17) is 4.74 Å². The standard InChI is InChI=1S/C29H20O/c1-3-11-20(12-4-1)26-19-27-24-17-8-7-15-22(24)23-16-9-10-18-25(23)29(27)30-28(26)21-13-5-2-6-14-21/h1-19,28H. The fourth-order valence-electron chi connectivity index (χ4n) is 4.56. The van der Waals surface area contributed by atoms with Gasteiger partial charge in [-0.15, -0.1) is 0 Å². The van der Waals surface area contributed by atoms with Gasteiger partial charge in [-0.05, 0) is 33.4 Å². The van der Waals surface area contributed by atoms with Crippen molar-refractivity contribution in [3.63, 3.8) is 0 Å². The smallest absolute Gasteiger partial charge is 0.150 e. The van der Waals surface area contributed by atoms with Crippen LogP contribution in [0.3, 0.4) is 0 Å². The van der Waals surface area contributed by atoms with Crippen LogP contribution in [0.15, 0.2) is 109 Å². The SMILES string of the molecule is C1=C(c2ccccc2)C(c2ccccc2)Oc2c1c1ccccc1c1ccccc21. The second-order valence-electron chi connectivity index (χ2n) is 7.71. The lowest BCUT2D eigenvalue weighted by Crippen LogP contribution is -2.14. The molecule has 1 aliphatic heterocycles. The van der Waals surface area contributed by atoms with E-state index in [0.29, 0.717) is 0 Å². The molecule has 5 aromatic rings. The quantitative estimate of drug-likeness (QED) is 0.284. The van der Waals surface area contributed by atoms with Gasteiger partial charge in [-0.1, -0.05) is 109 Å². The molecule has 0 radical (unpaired) electrons. The molecule has 0 bridgehead atoms. The Morgan fingerprint density at radius 2 is 1.03 bits per heavy atom. The highest BCUT2D eigenvalue weighted by molar-refractivity contribution is 6.16. The van der Waals surface area contributed by atoms with E-state index in [1.54, 1.807) is 0 Å². The summed E-state index contributed by atoms with van der Waals surface area (Å²) in [6, 6.07) is 38.3. The van der Waals surface area contributed by atoms with Gasteiger partial charge in [0.15, 0.2) is 0 Å². The first-order chi connectivity index (χ1) is 14.9. The van der Waals surface area contributed by atoms with Crippen LogP contribution >= 0.6 is 0 Å². The molecule has 1 heteroatoms. The predicted octanol–water partition coefficient (Wildman–Crippen LogP) is 7.67. The van der Waals surface area contributed by atoms with Crippen molar-refractivity contribution in [3.8, 4) is 5.75 Å². The molecule has 1 atom stereocenters. The van der Waals surface area contributed by atoms with Crippen molar-refractivity contribution in [2.45, 2.75) is 6.10 Å². The fraction of sp³-hybridized carbons (Fsp3) is 0.0345. The van der Waals surface area contributed by atoms with Crippen LogP contribution in [-0.4, -0.2) is 0 Å². The van der Waals surface area contributed by atoms with Crippen LogP contribution in [-0.2, 0) is 0 Å². The normalized spacial score (nSPS) is 15.5. The number of fused-ring (bicyclic) bond motifs is 6. The van der Waals surface area contributed by atoms with E-state index >= 15 is 0 Å². The Labute approximate surface area is 175 Å². The van der Waals surface area contributed by atoms with Crippen molar-refractivity contribution in [2.24, 2.45) is 0 Å². The van der Waals surface area contributed by atoms with Crippen molar-refractivity contribution in [1.29, 1.82) is 0 Å². The highest BCUT2D eigenvalue weighted by atomic mass is 16.5. The second-order valence-corrected chi connectivity index (χ2v) is 7.71. The lowest BCUT2D eigenvalue weighted by Gasteiger charge is -2.30. The van der Waals surface area contributed by atoms with Gasteiger partial charge in [0.25, 0.3) is 0 Å². The van der Waals surface area contributed by atoms with E-state index in [1.165, 1.54) is 27.3 Å². The van der Waals surface area contributed by atoms with Crippen LogP contribution in [0.25, 0.3) is 33.2 Å². The summed E-state index contributed by atoms with van der Waals surface area (Å²) in [6.07, 6.45) is 2.19. The summed E-state index contributed by atoms with van der Waals surface area (Å²) in [5, 5.41) is 4.88. The molecule has 6 rings (SSSR count). The molecule has 142 valence electrons. The summed E-state index contributed by atoms with van der Waals surface area (Å²) in [7, 11) is 0. The average molecular weight is 384 g/mol. The molecule has 1 nitrogen and oxygen atoms in total. The third-order valence-corrected chi connectivity index (χ3v) is 5.95. The summed E-state index contributed by atoms with van der Waals surface area (Å²) >= 11 is 0. The Morgan fingerprint density at radius 3 is 1.73 bits per heavy atom. The van der Waals surface area contributed by atoms with Crippen LogP contribution in [0.4, 0.5) is 0 Å². The Bertz CT molecular complexity index is 1400. The highest BCUT2D eigenvalue weighted by Gasteiger charge is 2.28. The Hall–Kier alpha value is -3.84. The maximum absolute atomic E-state index is 6.84. The molecule has 0 fully saturated rings. The molecule has 1 heterocycles. The van der Waals surface area contributed by atoms with Gasteiger partial charge in [0.1, 0.15) is 11.9 Å². The van der Waals surface area contributed by atoms with Crippen molar-refractivity contribution < 1.29 is 4.74 Å². The van der Waals surface area contributed by atoms with Gasteiger partial charge in [0.2, 0.25) is 0 Å². The molecule has 0 saturated heterocycles. The zero-order valence-electron chi connectivity index (χ0n) is 16.5. The number of ether oxygens (including phenoxy) is 1. The monoisotopic (exact) mass is 384 g/mol. The minimum atomic E-state index is -0.148. The van der Waals surface area contributed by atoms with Crippen LogP contribution < -0.4 is 4.74 Å². The molecule has 0 amide bonds. The molecule has 0 aliphatic carbocycles. The third-order valence-electron chi connectivity index (χ3n) is 5.95. The first-order valence-electron chi connectivity index (χ1n) is 10.3. The lowest BCUT2D eigenvalue weighted by molar-refractivity contribution is 0.265. The maximum Gasteiger partial charge on any atom is 0.150 e. The topological polar surface area (TPSA) is 9.23 Å². The average Bonchev–Trinajstić information content (AvgIpc) is 2.84. The zero-order chi connectivity index (χ0) is 19.9. The van der Waals surface area contributed by atoms with Crippen molar-refractivity contribution in [3.05, 3.63) is 126 Å². The molecule has 1 unspecified atom stereocenters. The number of hydrogen-bond donors (Lipinski definition) is 0. The minimum absolute atomic E-state index is 0.148. The molecule has 1 aliphatic rings. The summed E-state index contributed by atoms with van der Waals surface area (Å²) < 4.78 is 6.84. The summed E-state index contributed by atoms with van der Waals surface area (Å²) in [5.41, 5.74) is 4.70. The third kappa shape index (κ3) is 2.63. The van der Waals surface area contributed by atoms with E-state index in [-0.39, 0.29) is 6.10 Å². The Morgan fingerprint density at radius 1 is 0.500 bits per heavy atom. The van der Waals surface area contributed by atoms with E-state index in [1.807, 2.05) is 0 Å². The van der Waals surface area contributed by atoms with Crippen molar-refractivity contribution >= 4 is 33.2 Å². The molecule has 30 heavy (non-hydrogen) atoms. The van der Waals surface area contributed by atoms with Gasteiger partial charge in [0, 0.05) is 16.5 Å². The summed E-state index contributed by atoms with van der Waals surface area (Å²) in [5.74, 6) is 0.970. The van der Waals surface area contributed by atoms with E-state index in [2.05, 4.69) is 115 Å². The minimum Gasteiger partial charge on any atom is -0.480 e. The van der Waals surface area contributed by atoms with Gasteiger partial charge >= 0.3 is 0 Å². The Balaban J connectivity index is 1.70. The van der Waals surface area contributed by atoms with E-state index in [9.17, 15) is 0 Å². The number of benzene rings is 5. The van der Waals surface area contributed by atoms with Crippen LogP contribution in [0.5, 0.6) is 5.75 Å². The molecule has 0 spiro atoms. The van der Waals surface area contributed by atoms with Gasteiger partial charge in [-0.25, -0.2) is 0 Å². The van der Waals surface area contributed by atoms with Gasteiger partial charge in [0.05, 0.1) is 0 Å². The Kier molecular flexibility index (Phi) is 3.92. The van der Waals surface area contributed by atoms with Crippen LogP contribution in [0, 0.1) is 0 Å².